The minimum Gasteiger partial charge on any atom is -0.378 e. The number of ether oxygens (including phenoxy) is 1. The molecule has 4 aromatic carbocycles. The van der Waals surface area contributed by atoms with Gasteiger partial charge in [-0.05, 0) is 36.2 Å². The number of nitrogens with zero attached hydrogens (tertiary/aromatic N) is 6. The summed E-state index contributed by atoms with van der Waals surface area (Å²) >= 11 is 0. The Morgan fingerprint density at radius 3 is 2.02 bits per heavy atom. The van der Waals surface area contributed by atoms with Gasteiger partial charge in [-0.25, -0.2) is 14.5 Å². The van der Waals surface area contributed by atoms with E-state index in [2.05, 4.69) is 4.90 Å². The molecule has 53 heavy (non-hydrogen) atoms. The number of amides is 2. The third-order valence-electron chi connectivity index (χ3n) is 9.68. The lowest BCUT2D eigenvalue weighted by Crippen LogP contribution is -2.37. The van der Waals surface area contributed by atoms with E-state index < -0.39 is 23.6 Å². The molecule has 0 spiro atoms. The zero-order valence-electron chi connectivity index (χ0n) is 28.7. The van der Waals surface area contributed by atoms with Crippen molar-refractivity contribution in [3.05, 3.63) is 160 Å². The van der Waals surface area contributed by atoms with Gasteiger partial charge in [0.05, 0.1) is 53.5 Å². The Labute approximate surface area is 303 Å². The molecule has 0 bridgehead atoms. The Morgan fingerprint density at radius 1 is 0.811 bits per heavy atom. The summed E-state index contributed by atoms with van der Waals surface area (Å²) in [5.74, 6) is -0.370. The zero-order chi connectivity index (χ0) is 36.7. The predicted molar refractivity (Wildman–Crippen MR) is 194 cm³/mol. The topological polar surface area (TPSA) is 92.4 Å². The number of benzene rings is 4. The average Bonchev–Trinajstić information content (AvgIpc) is 3.64. The predicted octanol–water partition coefficient (Wildman–Crippen LogP) is 7.45. The number of fused-ring (bicyclic) bond motifs is 2. The van der Waals surface area contributed by atoms with Crippen LogP contribution in [0, 0.1) is 6.92 Å². The highest BCUT2D eigenvalue weighted by Crippen LogP contribution is 2.36. The molecule has 2 aromatic heterocycles. The van der Waals surface area contributed by atoms with E-state index in [4.69, 9.17) is 19.8 Å². The summed E-state index contributed by atoms with van der Waals surface area (Å²) in [7, 11) is 0. The number of halogens is 3. The van der Waals surface area contributed by atoms with Crippen molar-refractivity contribution in [3.8, 4) is 0 Å². The Hall–Kier alpha value is -6.14. The fourth-order valence-corrected chi connectivity index (χ4v) is 6.92. The van der Waals surface area contributed by atoms with E-state index in [1.54, 1.807) is 34.8 Å². The molecule has 1 fully saturated rings. The van der Waals surface area contributed by atoms with Gasteiger partial charge in [0, 0.05) is 36.7 Å². The number of anilines is 1. The van der Waals surface area contributed by atoms with E-state index in [0.29, 0.717) is 66.1 Å². The lowest BCUT2D eigenvalue weighted by Gasteiger charge is -2.28. The van der Waals surface area contributed by atoms with Crippen LogP contribution in [0.4, 0.5) is 24.7 Å². The number of morpholine rings is 1. The molecule has 2 aliphatic heterocycles. The van der Waals surface area contributed by atoms with E-state index >= 15 is 0 Å². The van der Waals surface area contributed by atoms with E-state index in [1.165, 1.54) is 13.0 Å². The van der Waals surface area contributed by atoms with Crippen molar-refractivity contribution in [2.24, 2.45) is 4.99 Å². The largest absolute Gasteiger partial charge is 0.416 e. The van der Waals surface area contributed by atoms with Crippen molar-refractivity contribution < 1.29 is 27.5 Å². The maximum atomic E-state index is 14.1. The monoisotopic (exact) mass is 714 g/mol. The lowest BCUT2D eigenvalue weighted by molar-refractivity contribution is -0.138. The summed E-state index contributed by atoms with van der Waals surface area (Å²) in [6.07, 6.45) is -4.57. The number of imidazole rings is 1. The summed E-state index contributed by atoms with van der Waals surface area (Å²) in [5, 5.41) is 5.03. The second-order valence-electron chi connectivity index (χ2n) is 12.9. The third kappa shape index (κ3) is 6.46. The maximum Gasteiger partial charge on any atom is 0.416 e. The van der Waals surface area contributed by atoms with E-state index in [9.17, 15) is 22.8 Å². The first-order chi connectivity index (χ1) is 25.7. The van der Waals surface area contributed by atoms with Crippen molar-refractivity contribution in [2.45, 2.75) is 26.1 Å². The van der Waals surface area contributed by atoms with Crippen LogP contribution in [0.5, 0.6) is 0 Å². The van der Waals surface area contributed by atoms with Gasteiger partial charge in [-0.2, -0.15) is 13.2 Å². The molecule has 12 heteroatoms. The molecule has 8 rings (SSSR count). The van der Waals surface area contributed by atoms with Crippen LogP contribution in [-0.2, 0) is 23.9 Å². The van der Waals surface area contributed by atoms with Crippen LogP contribution in [0.15, 0.2) is 114 Å². The molecule has 2 aliphatic rings. The van der Waals surface area contributed by atoms with Gasteiger partial charge in [0.1, 0.15) is 5.69 Å². The molecule has 0 N–H and O–H groups in total. The van der Waals surface area contributed by atoms with Gasteiger partial charge in [-0.15, -0.1) is 5.10 Å². The van der Waals surface area contributed by atoms with Crippen molar-refractivity contribution in [3.63, 3.8) is 0 Å². The van der Waals surface area contributed by atoms with Crippen molar-refractivity contribution in [1.29, 1.82) is 0 Å². The summed E-state index contributed by atoms with van der Waals surface area (Å²) < 4.78 is 49.5. The van der Waals surface area contributed by atoms with Gasteiger partial charge in [0.15, 0.2) is 11.5 Å². The Kier molecular flexibility index (Phi) is 8.83. The average molecular weight is 715 g/mol. The molecule has 4 heterocycles. The minimum atomic E-state index is -4.56. The molecule has 6 aromatic rings. The summed E-state index contributed by atoms with van der Waals surface area (Å²) in [6.45, 7) is 3.32. The van der Waals surface area contributed by atoms with Crippen LogP contribution in [0.1, 0.15) is 59.9 Å². The fraction of sp³-hybridized carbons (Fsp3) is 0.195. The van der Waals surface area contributed by atoms with Gasteiger partial charge < -0.3 is 9.64 Å². The molecule has 9 nitrogen and oxygen atoms in total. The van der Waals surface area contributed by atoms with E-state index in [0.717, 1.165) is 22.1 Å². The minimum absolute atomic E-state index is 0.0115. The van der Waals surface area contributed by atoms with Crippen LogP contribution in [-0.4, -0.2) is 63.3 Å². The second kappa shape index (κ2) is 13.8. The first-order valence-electron chi connectivity index (χ1n) is 17.2. The Morgan fingerprint density at radius 2 is 1.42 bits per heavy atom. The Bertz CT molecular complexity index is 2310. The van der Waals surface area contributed by atoms with E-state index in [1.807, 2.05) is 66.7 Å². The zero-order valence-corrected chi connectivity index (χ0v) is 28.7. The number of hydrogen-bond donors (Lipinski definition) is 0. The highest BCUT2D eigenvalue weighted by Gasteiger charge is 2.37. The number of aliphatic imine (C=N–C) groups is 1. The van der Waals surface area contributed by atoms with Crippen molar-refractivity contribution >= 4 is 34.7 Å². The van der Waals surface area contributed by atoms with Gasteiger partial charge in [-0.3, -0.25) is 14.5 Å². The third-order valence-corrected chi connectivity index (χ3v) is 9.68. The molecule has 0 radical (unpaired) electrons. The molecule has 0 unspecified atom stereocenters. The van der Waals surface area contributed by atoms with Crippen LogP contribution in [0.25, 0.3) is 5.65 Å². The first kappa shape index (κ1) is 34.0. The lowest BCUT2D eigenvalue weighted by atomic mass is 9.98. The number of alkyl halides is 3. The standard InChI is InChI=1S/C41H33F3N6O3/c1-26-29(15-10-18-32(26)41(42,43)44)23-35-34(25-49-39(51)30-16-8-9-17-31(30)40(49)52)46-38-33(24-36(47-50(35)38)48-19-21-53-22-20-48)45-37(27-11-4-2-5-12-27)28-13-6-3-7-14-28/h2-18,24H,19-23,25H2,1H3. The molecule has 2 amide bonds. The number of imide groups is 1. The molecule has 266 valence electrons. The number of aromatic nitrogens is 3. The fourth-order valence-electron chi connectivity index (χ4n) is 6.92. The SMILES string of the molecule is Cc1c(Cc2c(CN3C(=O)c4ccccc4C3=O)nc3c(N=C(c4ccccc4)c4ccccc4)cc(N4CCOCC4)nn23)cccc1C(F)(F)F. The normalized spacial score (nSPS) is 14.6. The summed E-state index contributed by atoms with van der Waals surface area (Å²) in [6, 6.07) is 32.0. The van der Waals surface area contributed by atoms with Crippen molar-refractivity contribution in [1.82, 2.24) is 19.5 Å². The van der Waals surface area contributed by atoms with Gasteiger partial charge in [0.25, 0.3) is 11.8 Å². The molecule has 1 saturated heterocycles. The smallest absolute Gasteiger partial charge is 0.378 e. The second-order valence-corrected chi connectivity index (χ2v) is 12.9. The number of rotatable bonds is 8. The molecule has 0 saturated carbocycles. The van der Waals surface area contributed by atoms with Crippen LogP contribution in [0.3, 0.4) is 0 Å². The van der Waals surface area contributed by atoms with Crippen LogP contribution in [0.2, 0.25) is 0 Å². The molecule has 0 aliphatic carbocycles. The summed E-state index contributed by atoms with van der Waals surface area (Å²) in [4.78, 5) is 40.6. The summed E-state index contributed by atoms with van der Waals surface area (Å²) in [5.41, 5.74) is 4.24. The number of carbonyl (C=O) groups excluding carboxylic acids is 2. The Balaban J connectivity index is 1.36. The van der Waals surface area contributed by atoms with Gasteiger partial charge >= 0.3 is 6.18 Å². The molecule has 0 atom stereocenters. The van der Waals surface area contributed by atoms with Gasteiger partial charge in [0.2, 0.25) is 0 Å². The number of carbonyl (C=O) groups is 2. The van der Waals surface area contributed by atoms with Crippen LogP contribution >= 0.6 is 0 Å². The molecular weight excluding hydrogens is 681 g/mol. The quantitative estimate of drug-likeness (QED) is 0.120. The van der Waals surface area contributed by atoms with Crippen LogP contribution < -0.4 is 4.90 Å². The van der Waals surface area contributed by atoms with E-state index in [-0.39, 0.29) is 29.7 Å². The number of hydrogen-bond acceptors (Lipinski definition) is 7. The highest BCUT2D eigenvalue weighted by atomic mass is 19.4. The maximum absolute atomic E-state index is 14.1. The van der Waals surface area contributed by atoms with Gasteiger partial charge in [-0.1, -0.05) is 84.9 Å². The molecular formula is C41H33F3N6O3. The highest BCUT2D eigenvalue weighted by molar-refractivity contribution is 6.21. The van der Waals surface area contributed by atoms with Crippen molar-refractivity contribution in [2.75, 3.05) is 31.2 Å². The first-order valence-corrected chi connectivity index (χ1v) is 17.2.